The fraction of sp³-hybridized carbons (Fsp3) is 0.0938. The highest BCUT2D eigenvalue weighted by atomic mass is 14.7. The molecule has 1 aliphatic carbocycles. The smallest absolute Gasteiger partial charge is 0.191 e. The van der Waals surface area contributed by atoms with Crippen molar-refractivity contribution in [1.29, 1.82) is 0 Å². The van der Waals surface area contributed by atoms with Gasteiger partial charge in [-0.3, -0.25) is 9.97 Å². The molecular weight excluding hydrogens is 426 g/mol. The van der Waals surface area contributed by atoms with Crippen LogP contribution >= 0.6 is 0 Å². The first-order valence-corrected chi connectivity index (χ1v) is 11.7. The van der Waals surface area contributed by atoms with Gasteiger partial charge in [-0.25, -0.2) is 4.85 Å². The molecule has 166 valence electrons. The quantitative estimate of drug-likeness (QED) is 0.259. The molecule has 0 aliphatic heterocycles. The molecule has 0 spiro atoms. The summed E-state index contributed by atoms with van der Waals surface area (Å²) >= 11 is 0. The van der Waals surface area contributed by atoms with Crippen molar-refractivity contribution in [1.82, 2.24) is 9.97 Å². The molecule has 0 saturated heterocycles. The lowest BCUT2D eigenvalue weighted by Gasteiger charge is -2.26. The predicted octanol–water partition coefficient (Wildman–Crippen LogP) is 8.33. The topological polar surface area (TPSA) is 30.1 Å². The second-order valence-electron chi connectivity index (χ2n) is 9.45. The molecule has 3 nitrogen and oxygen atoms in total. The van der Waals surface area contributed by atoms with Crippen molar-refractivity contribution in [3.63, 3.8) is 0 Å². The summed E-state index contributed by atoms with van der Waals surface area (Å²) in [7, 11) is 0. The van der Waals surface area contributed by atoms with Crippen molar-refractivity contribution in [3.05, 3.63) is 126 Å². The molecule has 3 heteroatoms. The van der Waals surface area contributed by atoms with Crippen LogP contribution in [0.2, 0.25) is 0 Å². The molecule has 6 rings (SSSR count). The number of pyridine rings is 2. The first kappa shape index (κ1) is 21.0. The van der Waals surface area contributed by atoms with E-state index in [0.717, 1.165) is 44.6 Å². The maximum Gasteiger partial charge on any atom is 0.191 e. The summed E-state index contributed by atoms with van der Waals surface area (Å²) in [5, 5.41) is 0. The number of nitrogens with zero attached hydrogens (tertiary/aromatic N) is 3. The van der Waals surface area contributed by atoms with Gasteiger partial charge in [0.05, 0.1) is 6.57 Å². The van der Waals surface area contributed by atoms with E-state index in [4.69, 9.17) is 6.57 Å². The Kier molecular flexibility index (Phi) is 4.83. The molecule has 0 saturated carbocycles. The normalized spacial score (nSPS) is 13.1. The SMILES string of the molecule is [C-]#[N+]c1cccc2c1C(C)(C)c1c(-c3cc(-c4cccnc4)cc(-c4cccnc4)c3)cccc1-2. The van der Waals surface area contributed by atoms with Crippen LogP contribution in [0.15, 0.2) is 104 Å². The van der Waals surface area contributed by atoms with Gasteiger partial charge < -0.3 is 0 Å². The van der Waals surface area contributed by atoms with Crippen LogP contribution in [0.5, 0.6) is 0 Å². The Morgan fingerprint density at radius 2 is 1.14 bits per heavy atom. The van der Waals surface area contributed by atoms with Crippen LogP contribution < -0.4 is 0 Å². The van der Waals surface area contributed by atoms with Gasteiger partial charge >= 0.3 is 0 Å². The number of rotatable bonds is 3. The van der Waals surface area contributed by atoms with Gasteiger partial charge in [0, 0.05) is 41.3 Å². The number of fused-ring (bicyclic) bond motifs is 3. The van der Waals surface area contributed by atoms with Crippen LogP contribution in [0, 0.1) is 6.57 Å². The Bertz CT molecular complexity index is 1550. The van der Waals surface area contributed by atoms with Gasteiger partial charge in [0.25, 0.3) is 0 Å². The number of aromatic nitrogens is 2. The van der Waals surface area contributed by atoms with E-state index in [1.807, 2.05) is 36.7 Å². The summed E-state index contributed by atoms with van der Waals surface area (Å²) in [6.07, 6.45) is 7.41. The van der Waals surface area contributed by atoms with Crippen molar-refractivity contribution < 1.29 is 0 Å². The number of hydrogen-bond donors (Lipinski definition) is 0. The zero-order valence-corrected chi connectivity index (χ0v) is 19.7. The fourth-order valence-corrected chi connectivity index (χ4v) is 5.51. The van der Waals surface area contributed by atoms with E-state index in [0.29, 0.717) is 0 Å². The van der Waals surface area contributed by atoms with Crippen LogP contribution in [0.4, 0.5) is 5.69 Å². The highest BCUT2D eigenvalue weighted by Crippen LogP contribution is 2.55. The first-order valence-electron chi connectivity index (χ1n) is 11.7. The largest absolute Gasteiger partial charge is 0.264 e. The molecule has 5 aromatic rings. The van der Waals surface area contributed by atoms with Crippen LogP contribution in [-0.2, 0) is 5.41 Å². The van der Waals surface area contributed by atoms with E-state index < -0.39 is 0 Å². The van der Waals surface area contributed by atoms with Gasteiger partial charge in [-0.15, -0.1) is 0 Å². The average Bonchev–Trinajstić information content (AvgIpc) is 3.16. The monoisotopic (exact) mass is 449 g/mol. The molecule has 0 amide bonds. The van der Waals surface area contributed by atoms with Crippen molar-refractivity contribution >= 4 is 5.69 Å². The Morgan fingerprint density at radius 1 is 0.600 bits per heavy atom. The number of hydrogen-bond acceptors (Lipinski definition) is 2. The molecule has 0 atom stereocenters. The van der Waals surface area contributed by atoms with Crippen LogP contribution in [0.3, 0.4) is 0 Å². The highest BCUT2D eigenvalue weighted by Gasteiger charge is 2.39. The molecule has 2 heterocycles. The van der Waals surface area contributed by atoms with E-state index >= 15 is 0 Å². The van der Waals surface area contributed by atoms with Crippen LogP contribution in [0.1, 0.15) is 25.0 Å². The summed E-state index contributed by atoms with van der Waals surface area (Å²) < 4.78 is 0. The average molecular weight is 450 g/mol. The van der Waals surface area contributed by atoms with Gasteiger partial charge in [0.2, 0.25) is 0 Å². The van der Waals surface area contributed by atoms with Gasteiger partial charge in [0.15, 0.2) is 5.69 Å². The number of benzene rings is 3. The van der Waals surface area contributed by atoms with Gasteiger partial charge in [-0.05, 0) is 74.8 Å². The molecular formula is C32H23N3. The second-order valence-corrected chi connectivity index (χ2v) is 9.45. The molecule has 1 aliphatic rings. The van der Waals surface area contributed by atoms with Gasteiger partial charge in [-0.2, -0.15) is 0 Å². The zero-order valence-electron chi connectivity index (χ0n) is 19.7. The van der Waals surface area contributed by atoms with Crippen LogP contribution in [0.25, 0.3) is 49.4 Å². The fourth-order valence-electron chi connectivity index (χ4n) is 5.51. The molecule has 35 heavy (non-hydrogen) atoms. The van der Waals surface area contributed by atoms with E-state index in [-0.39, 0.29) is 5.41 Å². The molecule has 0 unspecified atom stereocenters. The first-order chi connectivity index (χ1) is 17.1. The highest BCUT2D eigenvalue weighted by molar-refractivity contribution is 5.93. The molecule has 0 radical (unpaired) electrons. The molecule has 0 bridgehead atoms. The Balaban J connectivity index is 1.63. The molecule has 2 aromatic heterocycles. The third-order valence-corrected chi connectivity index (χ3v) is 7.00. The summed E-state index contributed by atoms with van der Waals surface area (Å²) in [6, 6.07) is 27.4. The third kappa shape index (κ3) is 3.34. The summed E-state index contributed by atoms with van der Waals surface area (Å²) in [5.74, 6) is 0. The zero-order chi connectivity index (χ0) is 24.0. The predicted molar refractivity (Wildman–Crippen MR) is 142 cm³/mol. The van der Waals surface area contributed by atoms with E-state index in [2.05, 4.69) is 83.3 Å². The standard InChI is InChI=1S/C32H23N3/c1-32(2)30-26(10-4-11-27(30)28-12-5-13-29(33-3)31(28)32)25-17-23(21-8-6-14-34-19-21)16-24(18-25)22-9-7-15-35-20-22/h4-20H,1-2H3. The maximum atomic E-state index is 7.77. The minimum atomic E-state index is -0.290. The lowest BCUT2D eigenvalue weighted by atomic mass is 9.78. The van der Waals surface area contributed by atoms with Crippen molar-refractivity contribution in [2.45, 2.75) is 19.3 Å². The van der Waals surface area contributed by atoms with Crippen molar-refractivity contribution in [2.24, 2.45) is 0 Å². The molecule has 3 aromatic carbocycles. The molecule has 0 N–H and O–H groups in total. The minimum Gasteiger partial charge on any atom is -0.264 e. The lowest BCUT2D eigenvalue weighted by Crippen LogP contribution is -2.16. The van der Waals surface area contributed by atoms with Crippen molar-refractivity contribution in [3.8, 4) is 44.5 Å². The third-order valence-electron chi connectivity index (χ3n) is 7.00. The lowest BCUT2D eigenvalue weighted by molar-refractivity contribution is 0.665. The minimum absolute atomic E-state index is 0.290. The van der Waals surface area contributed by atoms with Crippen LogP contribution in [-0.4, -0.2) is 9.97 Å². The van der Waals surface area contributed by atoms with E-state index in [9.17, 15) is 0 Å². The molecule has 0 fully saturated rings. The summed E-state index contributed by atoms with van der Waals surface area (Å²) in [5.41, 5.74) is 11.9. The van der Waals surface area contributed by atoms with E-state index in [1.54, 1.807) is 12.4 Å². The van der Waals surface area contributed by atoms with E-state index in [1.165, 1.54) is 16.7 Å². The maximum absolute atomic E-state index is 7.77. The Labute approximate surface area is 205 Å². The summed E-state index contributed by atoms with van der Waals surface area (Å²) in [6.45, 7) is 12.3. The van der Waals surface area contributed by atoms with Gasteiger partial charge in [0.1, 0.15) is 0 Å². The Hall–Kier alpha value is -4.55. The Morgan fingerprint density at radius 3 is 1.71 bits per heavy atom. The second kappa shape index (κ2) is 8.04. The summed E-state index contributed by atoms with van der Waals surface area (Å²) in [4.78, 5) is 12.6. The van der Waals surface area contributed by atoms with Gasteiger partial charge in [-0.1, -0.05) is 62.4 Å². The van der Waals surface area contributed by atoms with Crippen molar-refractivity contribution in [2.75, 3.05) is 0 Å².